The number of urea groups is 1. The summed E-state index contributed by atoms with van der Waals surface area (Å²) >= 11 is 0. The third kappa shape index (κ3) is 4.31. The molecule has 3 rings (SSSR count). The van der Waals surface area contributed by atoms with E-state index in [1.54, 1.807) is 6.92 Å². The van der Waals surface area contributed by atoms with Gasteiger partial charge >= 0.3 is 18.2 Å². The number of aromatic nitrogens is 1. The van der Waals surface area contributed by atoms with Crippen molar-refractivity contribution in [3.63, 3.8) is 0 Å². The van der Waals surface area contributed by atoms with Crippen molar-refractivity contribution in [2.45, 2.75) is 38.0 Å². The van der Waals surface area contributed by atoms with Crippen molar-refractivity contribution in [1.82, 2.24) is 20.5 Å². The molecule has 2 aliphatic heterocycles. The number of carbonyl (C=O) groups excluding carboxylic acids is 2. The molecule has 1 aromatic rings. The highest BCUT2D eigenvalue weighted by atomic mass is 19.4. The molecular weight excluding hydrogens is 361 g/mol. The summed E-state index contributed by atoms with van der Waals surface area (Å²) in [6.07, 6.45) is -2.35. The first-order valence-electron chi connectivity index (χ1n) is 7.61. The van der Waals surface area contributed by atoms with Gasteiger partial charge in [0, 0.05) is 6.92 Å². The van der Waals surface area contributed by atoms with E-state index >= 15 is 0 Å². The molecule has 3 heterocycles. The molecule has 0 saturated carbocycles. The lowest BCUT2D eigenvalue weighted by Crippen LogP contribution is -2.53. The SMILES string of the molecule is Cc1nc(CN2C(=O)NC3(CCNCC3)C2=O)co1.O=C(O)C(F)(F)F. The van der Waals surface area contributed by atoms with Gasteiger partial charge in [-0.15, -0.1) is 0 Å². The Morgan fingerprint density at radius 1 is 1.38 bits per heavy atom. The number of hydrogen-bond acceptors (Lipinski definition) is 6. The average molecular weight is 378 g/mol. The van der Waals surface area contributed by atoms with E-state index in [4.69, 9.17) is 14.3 Å². The van der Waals surface area contributed by atoms with Crippen molar-refractivity contribution >= 4 is 17.9 Å². The second-order valence-electron chi connectivity index (χ2n) is 5.81. The normalized spacial score (nSPS) is 19.2. The number of hydrogen-bond donors (Lipinski definition) is 3. The van der Waals surface area contributed by atoms with Crippen molar-refractivity contribution in [3.05, 3.63) is 17.8 Å². The molecule has 144 valence electrons. The summed E-state index contributed by atoms with van der Waals surface area (Å²) in [7, 11) is 0. The van der Waals surface area contributed by atoms with Gasteiger partial charge in [-0.1, -0.05) is 0 Å². The van der Waals surface area contributed by atoms with Gasteiger partial charge in [-0.2, -0.15) is 13.2 Å². The smallest absolute Gasteiger partial charge is 0.475 e. The number of oxazole rings is 1. The van der Waals surface area contributed by atoms with Crippen LogP contribution in [0.2, 0.25) is 0 Å². The maximum Gasteiger partial charge on any atom is 0.490 e. The second kappa shape index (κ2) is 7.32. The monoisotopic (exact) mass is 378 g/mol. The van der Waals surface area contributed by atoms with Gasteiger partial charge in [0.15, 0.2) is 5.89 Å². The topological polar surface area (TPSA) is 125 Å². The van der Waals surface area contributed by atoms with Gasteiger partial charge in [-0.05, 0) is 25.9 Å². The minimum absolute atomic E-state index is 0.153. The molecule has 3 N–H and O–H groups in total. The van der Waals surface area contributed by atoms with E-state index in [1.165, 1.54) is 11.2 Å². The number of carbonyl (C=O) groups is 3. The first-order valence-corrected chi connectivity index (χ1v) is 7.61. The molecule has 0 aliphatic carbocycles. The third-order valence-corrected chi connectivity index (χ3v) is 3.93. The fourth-order valence-electron chi connectivity index (χ4n) is 2.66. The molecule has 2 saturated heterocycles. The van der Waals surface area contributed by atoms with Crippen LogP contribution in [-0.4, -0.2) is 57.7 Å². The van der Waals surface area contributed by atoms with Crippen LogP contribution in [0.15, 0.2) is 10.7 Å². The van der Waals surface area contributed by atoms with E-state index in [2.05, 4.69) is 15.6 Å². The number of imide groups is 1. The minimum Gasteiger partial charge on any atom is -0.475 e. The van der Waals surface area contributed by atoms with Gasteiger partial charge in [0.2, 0.25) is 0 Å². The van der Waals surface area contributed by atoms with Crippen molar-refractivity contribution in [2.75, 3.05) is 13.1 Å². The number of aliphatic carboxylic acids is 1. The molecule has 0 radical (unpaired) electrons. The highest BCUT2D eigenvalue weighted by Crippen LogP contribution is 2.27. The van der Waals surface area contributed by atoms with Crippen LogP contribution in [0, 0.1) is 6.92 Å². The maximum atomic E-state index is 12.5. The lowest BCUT2D eigenvalue weighted by molar-refractivity contribution is -0.192. The Labute approximate surface area is 145 Å². The van der Waals surface area contributed by atoms with E-state index in [0.717, 1.165) is 13.1 Å². The summed E-state index contributed by atoms with van der Waals surface area (Å²) in [6.45, 7) is 3.37. The molecule has 26 heavy (non-hydrogen) atoms. The second-order valence-corrected chi connectivity index (χ2v) is 5.81. The van der Waals surface area contributed by atoms with Crippen LogP contribution in [0.5, 0.6) is 0 Å². The molecule has 9 nitrogen and oxygen atoms in total. The van der Waals surface area contributed by atoms with Gasteiger partial charge in [0.1, 0.15) is 11.8 Å². The lowest BCUT2D eigenvalue weighted by Gasteiger charge is -2.30. The van der Waals surface area contributed by atoms with Crippen molar-refractivity contribution in [3.8, 4) is 0 Å². The van der Waals surface area contributed by atoms with Crippen LogP contribution >= 0.6 is 0 Å². The van der Waals surface area contributed by atoms with E-state index < -0.39 is 17.7 Å². The van der Waals surface area contributed by atoms with Crippen LogP contribution < -0.4 is 10.6 Å². The Morgan fingerprint density at radius 3 is 2.42 bits per heavy atom. The number of nitrogens with zero attached hydrogens (tertiary/aromatic N) is 2. The average Bonchev–Trinajstić information content (AvgIpc) is 3.05. The molecular formula is C14H17F3N4O5. The van der Waals surface area contributed by atoms with E-state index in [1.807, 2.05) is 0 Å². The molecule has 1 aromatic heterocycles. The van der Waals surface area contributed by atoms with Crippen LogP contribution in [0.1, 0.15) is 24.4 Å². The highest BCUT2D eigenvalue weighted by Gasteiger charge is 2.51. The summed E-state index contributed by atoms with van der Waals surface area (Å²) in [5.41, 5.74) is -0.131. The van der Waals surface area contributed by atoms with E-state index in [-0.39, 0.29) is 18.5 Å². The Balaban J connectivity index is 0.000000298. The van der Waals surface area contributed by atoms with Gasteiger partial charge in [0.05, 0.1) is 12.2 Å². The zero-order valence-corrected chi connectivity index (χ0v) is 13.7. The number of carboxylic acid groups (broad SMARTS) is 1. The first-order chi connectivity index (χ1) is 12.0. The largest absolute Gasteiger partial charge is 0.490 e. The Morgan fingerprint density at radius 2 is 1.96 bits per heavy atom. The molecule has 0 unspecified atom stereocenters. The first kappa shape index (κ1) is 19.7. The Kier molecular flexibility index (Phi) is 5.54. The molecule has 0 bridgehead atoms. The van der Waals surface area contributed by atoms with Gasteiger partial charge < -0.3 is 20.2 Å². The zero-order valence-electron chi connectivity index (χ0n) is 13.7. The summed E-state index contributed by atoms with van der Waals surface area (Å²) in [4.78, 5) is 38.7. The molecule has 2 fully saturated rings. The molecule has 3 amide bonds. The van der Waals surface area contributed by atoms with E-state index in [9.17, 15) is 22.8 Å². The molecule has 2 aliphatic rings. The number of aryl methyl sites for hydroxylation is 1. The summed E-state index contributed by atoms with van der Waals surface area (Å²) in [6, 6.07) is -0.340. The number of amides is 3. The predicted molar refractivity (Wildman–Crippen MR) is 78.8 cm³/mol. The van der Waals surface area contributed by atoms with Gasteiger partial charge in [0.25, 0.3) is 5.91 Å². The van der Waals surface area contributed by atoms with Crippen LogP contribution in [0.4, 0.5) is 18.0 Å². The summed E-state index contributed by atoms with van der Waals surface area (Å²) in [5.74, 6) is -2.38. The number of piperidine rings is 1. The highest BCUT2D eigenvalue weighted by molar-refractivity contribution is 6.07. The summed E-state index contributed by atoms with van der Waals surface area (Å²) in [5, 5.41) is 13.1. The quantitative estimate of drug-likeness (QED) is 0.650. The van der Waals surface area contributed by atoms with Gasteiger partial charge in [-0.25, -0.2) is 14.6 Å². The maximum absolute atomic E-state index is 12.5. The van der Waals surface area contributed by atoms with Crippen LogP contribution in [0.25, 0.3) is 0 Å². The van der Waals surface area contributed by atoms with Crippen molar-refractivity contribution < 1.29 is 37.1 Å². The number of rotatable bonds is 2. The fourth-order valence-corrected chi connectivity index (χ4v) is 2.66. The number of nitrogens with one attached hydrogen (secondary N) is 2. The molecule has 12 heteroatoms. The molecule has 1 spiro atoms. The zero-order chi connectivity index (χ0) is 19.5. The molecule has 0 atom stereocenters. The van der Waals surface area contributed by atoms with Crippen molar-refractivity contribution in [1.29, 1.82) is 0 Å². The number of halogens is 3. The summed E-state index contributed by atoms with van der Waals surface area (Å²) < 4.78 is 36.8. The van der Waals surface area contributed by atoms with Gasteiger partial charge in [-0.3, -0.25) is 9.69 Å². The van der Waals surface area contributed by atoms with Crippen molar-refractivity contribution in [2.24, 2.45) is 0 Å². The number of alkyl halides is 3. The third-order valence-electron chi connectivity index (χ3n) is 3.93. The molecule has 0 aromatic carbocycles. The fraction of sp³-hybridized carbons (Fsp3) is 0.571. The van der Waals surface area contributed by atoms with E-state index in [0.29, 0.717) is 24.4 Å². The standard InChI is InChI=1S/C12H16N4O3.C2HF3O2/c1-8-14-9(7-19-8)6-16-10(17)12(15-11(16)18)2-4-13-5-3-12;3-2(4,5)1(6)7/h7,13H,2-6H2,1H3,(H,15,18);(H,6,7). The minimum atomic E-state index is -5.08. The van der Waals surface area contributed by atoms with Crippen LogP contribution in [0.3, 0.4) is 0 Å². The Bertz CT molecular complexity index is 697. The lowest BCUT2D eigenvalue weighted by atomic mass is 9.88. The Hall–Kier alpha value is -2.63. The van der Waals surface area contributed by atoms with Crippen LogP contribution in [-0.2, 0) is 16.1 Å². The predicted octanol–water partition coefficient (Wildman–Crippen LogP) is 0.790. The number of carboxylic acids is 1.